The molecule has 0 radical (unpaired) electrons. The molecule has 3 rings (SSSR count). The zero-order valence-electron chi connectivity index (χ0n) is 16.4. The minimum absolute atomic E-state index is 0.136. The van der Waals surface area contributed by atoms with Crippen LogP contribution in [0.15, 0.2) is 72.8 Å². The summed E-state index contributed by atoms with van der Waals surface area (Å²) in [5.74, 6) is -0.131. The molecular weight excluding hydrogens is 382 g/mol. The normalized spacial score (nSPS) is 10.4. The van der Waals surface area contributed by atoms with Gasteiger partial charge in [0.15, 0.2) is 0 Å². The third-order valence-electron chi connectivity index (χ3n) is 4.65. The number of phenolic OH excluding ortho intramolecular Hbond substituents is 1. The molecule has 154 valence electrons. The lowest BCUT2D eigenvalue weighted by Crippen LogP contribution is -2.24. The maximum atomic E-state index is 12.4. The molecule has 0 heterocycles. The van der Waals surface area contributed by atoms with E-state index in [0.717, 1.165) is 24.0 Å². The second-order valence-corrected chi connectivity index (χ2v) is 6.85. The number of nitrogens with zero attached hydrogens (tertiary/aromatic N) is 1. The Balaban J connectivity index is 1.56. The van der Waals surface area contributed by atoms with Crippen molar-refractivity contribution in [3.05, 3.63) is 99.6 Å². The molecule has 0 aliphatic heterocycles. The van der Waals surface area contributed by atoms with Crippen LogP contribution in [0.3, 0.4) is 0 Å². The summed E-state index contributed by atoms with van der Waals surface area (Å²) >= 11 is 0. The minimum atomic E-state index is -0.491. The van der Waals surface area contributed by atoms with Gasteiger partial charge in [-0.25, -0.2) is 0 Å². The predicted octanol–water partition coefficient (Wildman–Crippen LogP) is 4.28. The SMILES string of the molecule is O=C(NCCCc1ccc(O)cc1)c1ccc(NCc2ccccc2)c([N+](=O)[O-])c1. The average Bonchev–Trinajstić information content (AvgIpc) is 2.77. The molecule has 30 heavy (non-hydrogen) atoms. The molecule has 3 N–H and O–H groups in total. The molecule has 0 saturated carbocycles. The van der Waals surface area contributed by atoms with Crippen LogP contribution in [0.5, 0.6) is 5.75 Å². The summed E-state index contributed by atoms with van der Waals surface area (Å²) in [5.41, 5.74) is 2.54. The van der Waals surface area contributed by atoms with E-state index < -0.39 is 4.92 Å². The van der Waals surface area contributed by atoms with Crippen molar-refractivity contribution in [1.82, 2.24) is 5.32 Å². The van der Waals surface area contributed by atoms with Crippen molar-refractivity contribution in [3.63, 3.8) is 0 Å². The molecule has 0 unspecified atom stereocenters. The smallest absolute Gasteiger partial charge is 0.293 e. The van der Waals surface area contributed by atoms with Gasteiger partial charge in [0, 0.05) is 24.7 Å². The van der Waals surface area contributed by atoms with Gasteiger partial charge in [-0.3, -0.25) is 14.9 Å². The molecule has 3 aromatic rings. The zero-order valence-corrected chi connectivity index (χ0v) is 16.4. The van der Waals surface area contributed by atoms with Crippen LogP contribution in [-0.4, -0.2) is 22.5 Å². The van der Waals surface area contributed by atoms with Crippen LogP contribution in [-0.2, 0) is 13.0 Å². The van der Waals surface area contributed by atoms with E-state index in [9.17, 15) is 20.0 Å². The van der Waals surface area contributed by atoms with Crippen molar-refractivity contribution in [2.45, 2.75) is 19.4 Å². The van der Waals surface area contributed by atoms with Crippen molar-refractivity contribution in [3.8, 4) is 5.75 Å². The fraction of sp³-hybridized carbons (Fsp3) is 0.174. The molecule has 7 nitrogen and oxygen atoms in total. The molecule has 0 spiro atoms. The minimum Gasteiger partial charge on any atom is -0.508 e. The molecule has 0 bridgehead atoms. The first-order valence-corrected chi connectivity index (χ1v) is 9.65. The molecule has 0 aliphatic rings. The summed E-state index contributed by atoms with van der Waals surface area (Å²) in [4.78, 5) is 23.4. The number of nitro benzene ring substituents is 1. The second kappa shape index (κ2) is 10.1. The predicted molar refractivity (Wildman–Crippen MR) is 116 cm³/mol. The van der Waals surface area contributed by atoms with Crippen LogP contribution in [0.2, 0.25) is 0 Å². The Labute approximate surface area is 174 Å². The Morgan fingerprint density at radius 3 is 2.40 bits per heavy atom. The summed E-state index contributed by atoms with van der Waals surface area (Å²) < 4.78 is 0. The third-order valence-corrected chi connectivity index (χ3v) is 4.65. The molecule has 0 fully saturated rings. The average molecular weight is 405 g/mol. The quantitative estimate of drug-likeness (QED) is 0.280. The van der Waals surface area contributed by atoms with Crippen LogP contribution in [0.25, 0.3) is 0 Å². The van der Waals surface area contributed by atoms with Gasteiger partial charge in [0.25, 0.3) is 11.6 Å². The first-order valence-electron chi connectivity index (χ1n) is 9.65. The standard InChI is InChI=1S/C23H23N3O4/c27-20-11-8-17(9-12-20)7-4-14-24-23(28)19-10-13-21(22(15-19)26(29)30)25-16-18-5-2-1-3-6-18/h1-3,5-6,8-13,15,25,27H,4,7,14,16H2,(H,24,28). The van der Waals surface area contributed by atoms with E-state index in [4.69, 9.17) is 0 Å². The van der Waals surface area contributed by atoms with Gasteiger partial charge in [-0.1, -0.05) is 42.5 Å². The molecule has 0 saturated heterocycles. The highest BCUT2D eigenvalue weighted by Crippen LogP contribution is 2.26. The molecular formula is C23H23N3O4. The number of benzene rings is 3. The number of hydrogen-bond donors (Lipinski definition) is 3. The van der Waals surface area contributed by atoms with E-state index >= 15 is 0 Å². The summed E-state index contributed by atoms with van der Waals surface area (Å²) in [7, 11) is 0. The van der Waals surface area contributed by atoms with Crippen molar-refractivity contribution in [2.75, 3.05) is 11.9 Å². The monoisotopic (exact) mass is 405 g/mol. The molecule has 3 aromatic carbocycles. The van der Waals surface area contributed by atoms with Gasteiger partial charge in [0.1, 0.15) is 11.4 Å². The Morgan fingerprint density at radius 1 is 0.967 bits per heavy atom. The summed E-state index contributed by atoms with van der Waals surface area (Å²) in [6.07, 6.45) is 1.47. The second-order valence-electron chi connectivity index (χ2n) is 6.85. The van der Waals surface area contributed by atoms with Gasteiger partial charge >= 0.3 is 0 Å². The molecule has 0 aliphatic carbocycles. The lowest BCUT2D eigenvalue weighted by atomic mass is 10.1. The summed E-state index contributed by atoms with van der Waals surface area (Å²) in [6, 6.07) is 20.9. The van der Waals surface area contributed by atoms with E-state index in [0.29, 0.717) is 18.8 Å². The Kier molecular flexibility index (Phi) is 7.00. The number of phenols is 1. The molecule has 0 aromatic heterocycles. The summed E-state index contributed by atoms with van der Waals surface area (Å²) in [6.45, 7) is 0.895. The molecule has 1 amide bonds. The number of aromatic hydroxyl groups is 1. The van der Waals surface area contributed by atoms with Gasteiger partial charge in [0.05, 0.1) is 4.92 Å². The third kappa shape index (κ3) is 5.81. The topological polar surface area (TPSA) is 104 Å². The number of anilines is 1. The van der Waals surface area contributed by atoms with Gasteiger partial charge in [0.2, 0.25) is 0 Å². The molecule has 0 atom stereocenters. The Morgan fingerprint density at radius 2 is 1.70 bits per heavy atom. The van der Waals surface area contributed by atoms with Crippen LogP contribution in [0.4, 0.5) is 11.4 Å². The fourth-order valence-corrected chi connectivity index (χ4v) is 3.03. The Bertz CT molecular complexity index is 1000. The maximum Gasteiger partial charge on any atom is 0.293 e. The van der Waals surface area contributed by atoms with E-state index in [1.165, 1.54) is 6.07 Å². The summed E-state index contributed by atoms with van der Waals surface area (Å²) in [5, 5.41) is 26.6. The molecule has 7 heteroatoms. The fourth-order valence-electron chi connectivity index (χ4n) is 3.03. The lowest BCUT2D eigenvalue weighted by molar-refractivity contribution is -0.384. The first-order chi connectivity index (χ1) is 14.5. The number of carbonyl (C=O) groups is 1. The van der Waals surface area contributed by atoms with Crippen molar-refractivity contribution >= 4 is 17.3 Å². The number of hydrogen-bond acceptors (Lipinski definition) is 5. The van der Waals surface area contributed by atoms with Crippen LogP contribution >= 0.6 is 0 Å². The highest BCUT2D eigenvalue weighted by atomic mass is 16.6. The number of rotatable bonds is 9. The van der Waals surface area contributed by atoms with Crippen molar-refractivity contribution < 1.29 is 14.8 Å². The first kappa shape index (κ1) is 20.9. The van der Waals surface area contributed by atoms with E-state index in [1.54, 1.807) is 24.3 Å². The van der Waals surface area contributed by atoms with Gasteiger partial charge < -0.3 is 15.7 Å². The van der Waals surface area contributed by atoms with Crippen molar-refractivity contribution in [1.29, 1.82) is 0 Å². The number of nitro groups is 1. The lowest BCUT2D eigenvalue weighted by Gasteiger charge is -2.10. The van der Waals surface area contributed by atoms with Gasteiger partial charge in [-0.15, -0.1) is 0 Å². The van der Waals surface area contributed by atoms with Crippen LogP contribution in [0.1, 0.15) is 27.9 Å². The Hall–Kier alpha value is -3.87. The van der Waals surface area contributed by atoms with E-state index in [1.807, 2.05) is 42.5 Å². The van der Waals surface area contributed by atoms with Crippen LogP contribution < -0.4 is 10.6 Å². The van der Waals surface area contributed by atoms with Gasteiger partial charge in [-0.05, 0) is 48.2 Å². The zero-order chi connectivity index (χ0) is 21.3. The van der Waals surface area contributed by atoms with E-state index in [-0.39, 0.29) is 22.9 Å². The highest BCUT2D eigenvalue weighted by Gasteiger charge is 2.17. The maximum absolute atomic E-state index is 12.4. The van der Waals surface area contributed by atoms with E-state index in [2.05, 4.69) is 10.6 Å². The number of nitrogens with one attached hydrogen (secondary N) is 2. The van der Waals surface area contributed by atoms with Crippen molar-refractivity contribution in [2.24, 2.45) is 0 Å². The number of carbonyl (C=O) groups excluding carboxylic acids is 1. The van der Waals surface area contributed by atoms with Gasteiger partial charge in [-0.2, -0.15) is 0 Å². The highest BCUT2D eigenvalue weighted by molar-refractivity contribution is 5.95. The largest absolute Gasteiger partial charge is 0.508 e. The number of aryl methyl sites for hydroxylation is 1. The van der Waals surface area contributed by atoms with Crippen LogP contribution in [0, 0.1) is 10.1 Å². The number of amides is 1.